The van der Waals surface area contributed by atoms with Crippen LogP contribution in [0.4, 0.5) is 43.9 Å². The summed E-state index contributed by atoms with van der Waals surface area (Å²) >= 11 is 0. The van der Waals surface area contributed by atoms with Crippen LogP contribution >= 0.6 is 0 Å². The van der Waals surface area contributed by atoms with E-state index in [0.717, 1.165) is 36.4 Å². The number of rotatable bonds is 6. The first-order valence-corrected chi connectivity index (χ1v) is 7.81. The van der Waals surface area contributed by atoms with Crippen molar-refractivity contribution in [2.24, 2.45) is 0 Å². The van der Waals surface area contributed by atoms with Crippen LogP contribution in [-0.2, 0) is 15.9 Å². The molecular formula is C18H12F10O. The molecule has 0 amide bonds. The molecule has 0 fully saturated rings. The number of ether oxygens (including phenoxy) is 1. The highest BCUT2D eigenvalue weighted by Crippen LogP contribution is 2.56. The molecule has 2 atom stereocenters. The highest BCUT2D eigenvalue weighted by Gasteiger charge is 2.74. The molecule has 0 aliphatic heterocycles. The van der Waals surface area contributed by atoms with Crippen LogP contribution < -0.4 is 0 Å². The van der Waals surface area contributed by atoms with Crippen molar-refractivity contribution in [3.8, 4) is 0 Å². The predicted molar refractivity (Wildman–Crippen MR) is 81.4 cm³/mol. The lowest BCUT2D eigenvalue weighted by atomic mass is 9.87. The van der Waals surface area contributed by atoms with Crippen LogP contribution in [0.2, 0.25) is 0 Å². The number of benzene rings is 2. The van der Waals surface area contributed by atoms with Crippen molar-refractivity contribution in [2.45, 2.75) is 36.4 Å². The van der Waals surface area contributed by atoms with E-state index in [2.05, 4.69) is 4.74 Å². The van der Waals surface area contributed by atoms with E-state index in [1.54, 1.807) is 0 Å². The monoisotopic (exact) mass is 434 g/mol. The maximum absolute atomic E-state index is 13.8. The fraction of sp³-hybridized carbons (Fsp3) is 0.333. The van der Waals surface area contributed by atoms with Crippen molar-refractivity contribution in [2.75, 3.05) is 0 Å². The number of hydrogen-bond acceptors (Lipinski definition) is 1. The van der Waals surface area contributed by atoms with Gasteiger partial charge in [0.05, 0.1) is 0 Å². The normalized spacial score (nSPS) is 17.2. The van der Waals surface area contributed by atoms with Crippen LogP contribution in [0.1, 0.15) is 11.1 Å². The van der Waals surface area contributed by atoms with Gasteiger partial charge in [-0.25, -0.2) is 17.6 Å². The summed E-state index contributed by atoms with van der Waals surface area (Å²) in [6, 6.07) is 7.27. The van der Waals surface area contributed by atoms with Crippen molar-refractivity contribution in [3.63, 3.8) is 0 Å². The van der Waals surface area contributed by atoms with E-state index in [1.807, 2.05) is 0 Å². The summed E-state index contributed by atoms with van der Waals surface area (Å²) in [6.45, 7) is 0. The standard InChI is InChI=1S/C18H12F10O/c19-13(20)15(17(23,24)25,11-7-3-1-4-8-11)29-16(14(21)22,18(26,27)28)12-9-5-2-6-10-12/h1-10,13-14H. The van der Waals surface area contributed by atoms with Gasteiger partial charge in [-0.2, -0.15) is 26.3 Å². The summed E-state index contributed by atoms with van der Waals surface area (Å²) in [7, 11) is 0. The van der Waals surface area contributed by atoms with E-state index >= 15 is 0 Å². The molecule has 2 aromatic rings. The topological polar surface area (TPSA) is 9.23 Å². The zero-order chi connectivity index (χ0) is 22.1. The summed E-state index contributed by atoms with van der Waals surface area (Å²) in [5.74, 6) is 0. The fourth-order valence-electron chi connectivity index (χ4n) is 2.77. The van der Waals surface area contributed by atoms with Gasteiger partial charge in [0.2, 0.25) is 0 Å². The minimum Gasteiger partial charge on any atom is -0.330 e. The average Bonchev–Trinajstić information content (AvgIpc) is 2.61. The van der Waals surface area contributed by atoms with E-state index in [0.29, 0.717) is 24.3 Å². The molecule has 0 aromatic heterocycles. The molecule has 2 rings (SSSR count). The van der Waals surface area contributed by atoms with Crippen molar-refractivity contribution in [3.05, 3.63) is 71.8 Å². The van der Waals surface area contributed by atoms with E-state index in [-0.39, 0.29) is 0 Å². The Labute approximate surface area is 157 Å². The van der Waals surface area contributed by atoms with E-state index in [4.69, 9.17) is 0 Å². The molecule has 0 saturated heterocycles. The van der Waals surface area contributed by atoms with Gasteiger partial charge in [0.1, 0.15) is 0 Å². The molecule has 0 aliphatic rings. The Kier molecular flexibility index (Phi) is 6.22. The summed E-state index contributed by atoms with van der Waals surface area (Å²) in [4.78, 5) is 0. The van der Waals surface area contributed by atoms with Gasteiger partial charge in [-0.05, 0) is 11.1 Å². The smallest absolute Gasteiger partial charge is 0.330 e. The van der Waals surface area contributed by atoms with Crippen LogP contribution in [0.25, 0.3) is 0 Å². The quantitative estimate of drug-likeness (QED) is 0.475. The third-order valence-corrected chi connectivity index (χ3v) is 4.18. The molecule has 0 heterocycles. The van der Waals surface area contributed by atoms with Gasteiger partial charge >= 0.3 is 12.4 Å². The molecule has 11 heteroatoms. The number of hydrogen-bond donors (Lipinski definition) is 0. The lowest BCUT2D eigenvalue weighted by Crippen LogP contribution is -2.61. The van der Waals surface area contributed by atoms with Gasteiger partial charge < -0.3 is 4.74 Å². The summed E-state index contributed by atoms with van der Waals surface area (Å²) in [6.07, 6.45) is -21.7. The molecule has 0 aliphatic carbocycles. The van der Waals surface area contributed by atoms with Crippen LogP contribution in [0, 0.1) is 0 Å². The van der Waals surface area contributed by atoms with Crippen LogP contribution in [-0.4, -0.2) is 25.2 Å². The van der Waals surface area contributed by atoms with Crippen LogP contribution in [0.15, 0.2) is 60.7 Å². The third-order valence-electron chi connectivity index (χ3n) is 4.18. The van der Waals surface area contributed by atoms with Crippen molar-refractivity contribution in [1.82, 2.24) is 0 Å². The minimum atomic E-state index is -6.18. The van der Waals surface area contributed by atoms with E-state index < -0.39 is 47.5 Å². The van der Waals surface area contributed by atoms with Gasteiger partial charge in [-0.1, -0.05) is 60.7 Å². The first-order valence-electron chi connectivity index (χ1n) is 7.81. The van der Waals surface area contributed by atoms with Gasteiger partial charge in [0.25, 0.3) is 24.1 Å². The van der Waals surface area contributed by atoms with Crippen molar-refractivity contribution in [1.29, 1.82) is 0 Å². The third kappa shape index (κ3) is 3.79. The maximum atomic E-state index is 13.8. The lowest BCUT2D eigenvalue weighted by Gasteiger charge is -2.44. The Hall–Kier alpha value is -2.30. The largest absolute Gasteiger partial charge is 0.427 e. The Balaban J connectivity index is 2.89. The molecule has 160 valence electrons. The van der Waals surface area contributed by atoms with E-state index in [1.165, 1.54) is 0 Å². The Morgan fingerprint density at radius 3 is 1.00 bits per heavy atom. The van der Waals surface area contributed by atoms with Gasteiger partial charge in [-0.3, -0.25) is 0 Å². The highest BCUT2D eigenvalue weighted by atomic mass is 19.4. The van der Waals surface area contributed by atoms with Crippen molar-refractivity contribution >= 4 is 0 Å². The molecule has 0 saturated carbocycles. The molecule has 0 spiro atoms. The first-order chi connectivity index (χ1) is 13.3. The Morgan fingerprint density at radius 1 is 0.517 bits per heavy atom. The second kappa shape index (κ2) is 7.85. The molecule has 0 radical (unpaired) electrons. The first kappa shape index (κ1) is 23.0. The lowest BCUT2D eigenvalue weighted by molar-refractivity contribution is -0.418. The highest BCUT2D eigenvalue weighted by molar-refractivity contribution is 5.30. The number of alkyl halides is 10. The van der Waals surface area contributed by atoms with Crippen molar-refractivity contribution < 1.29 is 48.6 Å². The fourth-order valence-corrected chi connectivity index (χ4v) is 2.77. The summed E-state index contributed by atoms with van der Waals surface area (Å²) in [5.41, 5.74) is -12.9. The second-order valence-electron chi connectivity index (χ2n) is 5.90. The van der Waals surface area contributed by atoms with Gasteiger partial charge in [-0.15, -0.1) is 0 Å². The Morgan fingerprint density at radius 2 is 0.793 bits per heavy atom. The molecule has 0 N–H and O–H groups in total. The predicted octanol–water partition coefficient (Wildman–Crippen LogP) is 6.45. The summed E-state index contributed by atoms with van der Waals surface area (Å²) in [5, 5.41) is 0. The van der Waals surface area contributed by atoms with Crippen LogP contribution in [0.5, 0.6) is 0 Å². The zero-order valence-corrected chi connectivity index (χ0v) is 14.1. The minimum absolute atomic E-state index is 0.428. The van der Waals surface area contributed by atoms with E-state index in [9.17, 15) is 43.9 Å². The molecule has 1 nitrogen and oxygen atoms in total. The molecule has 0 bridgehead atoms. The van der Waals surface area contributed by atoms with Gasteiger partial charge in [0.15, 0.2) is 0 Å². The maximum Gasteiger partial charge on any atom is 0.427 e. The van der Waals surface area contributed by atoms with Crippen LogP contribution in [0.3, 0.4) is 0 Å². The number of halogens is 10. The summed E-state index contributed by atoms with van der Waals surface area (Å²) < 4.78 is 142. The molecule has 2 unspecified atom stereocenters. The molecule has 2 aromatic carbocycles. The second-order valence-corrected chi connectivity index (χ2v) is 5.90. The molecule has 29 heavy (non-hydrogen) atoms. The Bertz CT molecular complexity index is 720. The average molecular weight is 434 g/mol. The zero-order valence-electron chi connectivity index (χ0n) is 14.1. The SMILES string of the molecule is FC(F)C(OC(c1ccccc1)(C(F)F)C(F)(F)F)(c1ccccc1)C(F)(F)F. The van der Waals surface area contributed by atoms with Gasteiger partial charge in [0, 0.05) is 0 Å². The molecular weight excluding hydrogens is 422 g/mol.